The predicted molar refractivity (Wildman–Crippen MR) is 309 cm³/mol. The number of para-hydroxylation sites is 2. The summed E-state index contributed by atoms with van der Waals surface area (Å²) in [7, 11) is 0. The Morgan fingerprint density at radius 2 is 1.14 bits per heavy atom. The molecule has 3 heterocycles. The van der Waals surface area contributed by atoms with E-state index in [1.54, 1.807) is 32.0 Å². The molecule has 2 aromatic heterocycles. The lowest BCUT2D eigenvalue weighted by molar-refractivity contribution is 0.512. The van der Waals surface area contributed by atoms with Crippen molar-refractivity contribution in [3.05, 3.63) is 218 Å². The highest BCUT2D eigenvalue weighted by Gasteiger charge is 2.40. The Balaban J connectivity index is 0.950. The Morgan fingerprint density at radius 1 is 0.545 bits per heavy atom. The topological polar surface area (TPSA) is 132 Å². The first-order valence-corrected chi connectivity index (χ1v) is 26.3. The van der Waals surface area contributed by atoms with Gasteiger partial charge in [-0.15, -0.1) is 0 Å². The molecule has 8 heteroatoms. The van der Waals surface area contributed by atoms with E-state index in [2.05, 4.69) is 213 Å². The van der Waals surface area contributed by atoms with Gasteiger partial charge >= 0.3 is 0 Å². The molecule has 2 unspecified atom stereocenters. The molecule has 12 rings (SSSR count). The number of fused-ring (bicyclic) bond motifs is 9. The summed E-state index contributed by atoms with van der Waals surface area (Å²) in [5.74, 6) is 0.0538. The number of nitrogens with zero attached hydrogens (tertiary/aromatic N) is 8. The SMILES string of the molecule is Cc1c(C#N)c(C)c(C#N)c(-n2c3ccc(C(C)(C)C)cc3c3cc(C(C)(C)CC4=Cc5c(c6cc(-c7ccc8c(c7)C7C=CC=CC7N8c7c(C#N)cccc7C#N)ccc6n5-c5ccccc5)CC4)ccc32)c1C#N. The quantitative estimate of drug-likeness (QED) is 0.156. The molecular weight excluding hydrogens is 941 g/mol. The Bertz CT molecular complexity index is 4280. The summed E-state index contributed by atoms with van der Waals surface area (Å²) in [5.41, 5.74) is 18.7. The van der Waals surface area contributed by atoms with Crippen LogP contribution in [0.2, 0.25) is 0 Å². The molecular formula is C69H54N8. The standard InChI is InChI=1S/C69H54N8/c1-41-57(38-72)42(2)59(40-74)67(58(41)39-73)77-63-28-23-48(68(3,4)5)33-55(63)56-34-49(24-29-64(56)77)69(6,7)35-43-20-25-52-54-32-44(21-26-61(54)75(65(52)30-43)50-16-9-8-10-17-50)45-22-27-62-53(31-45)51-18-11-12-19-60(51)76(62)66-46(36-70)14-13-15-47(66)37-71/h8-19,21-24,26-34,51,60H,20,25,35H2,1-7H3. The number of nitriles is 5. The third-order valence-corrected chi connectivity index (χ3v) is 16.7. The van der Waals surface area contributed by atoms with Crippen LogP contribution in [0.25, 0.3) is 61.3 Å². The van der Waals surface area contributed by atoms with Gasteiger partial charge < -0.3 is 14.0 Å². The van der Waals surface area contributed by atoms with Gasteiger partial charge in [-0.3, -0.25) is 0 Å². The van der Waals surface area contributed by atoms with Gasteiger partial charge in [0.05, 0.1) is 67.9 Å². The number of rotatable bonds is 7. The number of aryl methyl sites for hydroxylation is 1. The van der Waals surface area contributed by atoms with Gasteiger partial charge in [0, 0.05) is 39.1 Å². The summed E-state index contributed by atoms with van der Waals surface area (Å²) in [6.45, 7) is 14.9. The zero-order valence-electron chi connectivity index (χ0n) is 44.3. The molecule has 370 valence electrons. The van der Waals surface area contributed by atoms with Crippen LogP contribution in [0.3, 0.4) is 0 Å². The van der Waals surface area contributed by atoms with Crippen molar-refractivity contribution >= 4 is 50.2 Å². The molecule has 0 bridgehead atoms. The van der Waals surface area contributed by atoms with Crippen molar-refractivity contribution < 1.29 is 0 Å². The van der Waals surface area contributed by atoms with Crippen molar-refractivity contribution in [2.24, 2.45) is 0 Å². The van der Waals surface area contributed by atoms with Crippen LogP contribution in [-0.2, 0) is 17.3 Å². The number of benzene rings is 7. The van der Waals surface area contributed by atoms with Gasteiger partial charge in [0.25, 0.3) is 0 Å². The zero-order valence-corrected chi connectivity index (χ0v) is 44.3. The fraction of sp³-hybridized carbons (Fsp3) is 0.203. The lowest BCUT2D eigenvalue weighted by atomic mass is 9.76. The third-order valence-electron chi connectivity index (χ3n) is 16.7. The van der Waals surface area contributed by atoms with Crippen LogP contribution in [-0.4, -0.2) is 15.2 Å². The molecule has 0 saturated heterocycles. The average Bonchev–Trinajstić information content (AvgIpc) is 4.29. The van der Waals surface area contributed by atoms with E-state index >= 15 is 0 Å². The van der Waals surface area contributed by atoms with E-state index in [9.17, 15) is 26.3 Å². The first kappa shape index (κ1) is 48.3. The Hall–Kier alpha value is -9.65. The molecule has 2 aliphatic carbocycles. The van der Waals surface area contributed by atoms with Gasteiger partial charge in [0.1, 0.15) is 24.3 Å². The molecule has 9 aromatic rings. The highest BCUT2D eigenvalue weighted by Crippen LogP contribution is 2.51. The second-order valence-electron chi connectivity index (χ2n) is 22.6. The van der Waals surface area contributed by atoms with Crippen molar-refractivity contribution in [2.75, 3.05) is 4.90 Å². The highest BCUT2D eigenvalue weighted by atomic mass is 15.2. The van der Waals surface area contributed by atoms with Crippen LogP contribution in [0, 0.1) is 70.5 Å². The number of hydrogen-bond acceptors (Lipinski definition) is 6. The van der Waals surface area contributed by atoms with Crippen LogP contribution < -0.4 is 4.90 Å². The van der Waals surface area contributed by atoms with E-state index < -0.39 is 0 Å². The summed E-state index contributed by atoms with van der Waals surface area (Å²) in [6.07, 6.45) is 13.7. The summed E-state index contributed by atoms with van der Waals surface area (Å²) in [6, 6.07) is 54.5. The minimum Gasteiger partial charge on any atom is -0.331 e. The molecule has 2 atom stereocenters. The number of allylic oxidation sites excluding steroid dienone is 3. The fourth-order valence-electron chi connectivity index (χ4n) is 12.8. The maximum Gasteiger partial charge on any atom is 0.102 e. The molecule has 0 saturated carbocycles. The molecule has 7 aromatic carbocycles. The second kappa shape index (κ2) is 18.0. The summed E-state index contributed by atoms with van der Waals surface area (Å²) < 4.78 is 4.50. The molecule has 8 nitrogen and oxygen atoms in total. The van der Waals surface area contributed by atoms with Crippen LogP contribution in [0.4, 0.5) is 11.4 Å². The van der Waals surface area contributed by atoms with Crippen LogP contribution in [0.1, 0.15) is 120 Å². The van der Waals surface area contributed by atoms with Gasteiger partial charge in [-0.1, -0.05) is 113 Å². The second-order valence-corrected chi connectivity index (χ2v) is 22.6. The summed E-state index contributed by atoms with van der Waals surface area (Å²) in [4.78, 5) is 2.18. The van der Waals surface area contributed by atoms with Crippen LogP contribution in [0.15, 0.2) is 151 Å². The Labute approximate surface area is 449 Å². The zero-order chi connectivity index (χ0) is 53.7. The van der Waals surface area contributed by atoms with Crippen molar-refractivity contribution in [1.82, 2.24) is 9.13 Å². The molecule has 77 heavy (non-hydrogen) atoms. The first-order valence-electron chi connectivity index (χ1n) is 26.3. The summed E-state index contributed by atoms with van der Waals surface area (Å²) in [5, 5.41) is 55.3. The molecule has 0 amide bonds. The van der Waals surface area contributed by atoms with Crippen molar-refractivity contribution in [2.45, 2.75) is 90.5 Å². The van der Waals surface area contributed by atoms with E-state index in [1.807, 2.05) is 0 Å². The smallest absolute Gasteiger partial charge is 0.102 e. The highest BCUT2D eigenvalue weighted by molar-refractivity contribution is 6.10. The lowest BCUT2D eigenvalue weighted by Crippen LogP contribution is -2.29. The van der Waals surface area contributed by atoms with Gasteiger partial charge in [-0.05, 0) is 167 Å². The van der Waals surface area contributed by atoms with E-state index in [0.29, 0.717) is 50.3 Å². The third kappa shape index (κ3) is 7.50. The van der Waals surface area contributed by atoms with Gasteiger partial charge in [-0.25, -0.2) is 0 Å². The largest absolute Gasteiger partial charge is 0.331 e. The Kier molecular flexibility index (Phi) is 11.3. The monoisotopic (exact) mass is 994 g/mol. The fourth-order valence-corrected chi connectivity index (χ4v) is 12.8. The lowest BCUT2D eigenvalue weighted by Gasteiger charge is -2.30. The minimum absolute atomic E-state index is 0.0538. The molecule has 1 aliphatic heterocycles. The first-order chi connectivity index (χ1) is 37.2. The van der Waals surface area contributed by atoms with Crippen molar-refractivity contribution in [1.29, 1.82) is 26.3 Å². The maximum absolute atomic E-state index is 10.7. The van der Waals surface area contributed by atoms with E-state index in [4.69, 9.17) is 0 Å². The number of aromatic nitrogens is 2. The minimum atomic E-state index is -0.278. The Morgan fingerprint density at radius 3 is 1.79 bits per heavy atom. The van der Waals surface area contributed by atoms with Crippen molar-refractivity contribution in [3.8, 4) is 52.8 Å². The van der Waals surface area contributed by atoms with Gasteiger partial charge in [-0.2, -0.15) is 26.3 Å². The molecule has 0 fully saturated rings. The molecule has 3 aliphatic rings. The normalized spacial score (nSPS) is 15.6. The van der Waals surface area contributed by atoms with Crippen LogP contribution in [0.5, 0.6) is 0 Å². The van der Waals surface area contributed by atoms with E-state index in [0.717, 1.165) is 69.1 Å². The number of anilines is 2. The maximum atomic E-state index is 10.7. The molecule has 0 radical (unpaired) electrons. The van der Waals surface area contributed by atoms with E-state index in [-0.39, 0.29) is 22.8 Å². The van der Waals surface area contributed by atoms with E-state index in [1.165, 1.54) is 38.9 Å². The molecule has 0 spiro atoms. The molecule has 0 N–H and O–H groups in total. The number of hydrogen-bond donors (Lipinski definition) is 0. The van der Waals surface area contributed by atoms with Crippen LogP contribution >= 0.6 is 0 Å². The van der Waals surface area contributed by atoms with Gasteiger partial charge in [0.2, 0.25) is 0 Å². The van der Waals surface area contributed by atoms with Gasteiger partial charge in [0.15, 0.2) is 0 Å². The summed E-state index contributed by atoms with van der Waals surface area (Å²) >= 11 is 0. The predicted octanol–water partition coefficient (Wildman–Crippen LogP) is 16.1. The van der Waals surface area contributed by atoms with Crippen molar-refractivity contribution in [3.63, 3.8) is 0 Å². The average molecular weight is 995 g/mol.